The summed E-state index contributed by atoms with van der Waals surface area (Å²) in [5.41, 5.74) is 1.60. The zero-order chi connectivity index (χ0) is 12.8. The first-order valence-corrected chi connectivity index (χ1v) is 6.16. The number of benzene rings is 1. The molecule has 0 bridgehead atoms. The third-order valence-corrected chi connectivity index (χ3v) is 3.30. The number of carbonyl (C=O) groups is 1. The summed E-state index contributed by atoms with van der Waals surface area (Å²) in [6.07, 6.45) is 0. The highest BCUT2D eigenvalue weighted by atomic mass is 79.9. The molecule has 0 fully saturated rings. The van der Waals surface area contributed by atoms with E-state index in [1.165, 1.54) is 4.90 Å². The van der Waals surface area contributed by atoms with E-state index in [9.17, 15) is 4.79 Å². The minimum absolute atomic E-state index is 0.112. The Hall–Kier alpha value is -0.910. The van der Waals surface area contributed by atoms with Crippen molar-refractivity contribution in [2.75, 3.05) is 26.3 Å². The number of rotatable bonds is 5. The van der Waals surface area contributed by atoms with Crippen molar-refractivity contribution in [1.29, 1.82) is 0 Å². The maximum atomic E-state index is 12.1. The van der Waals surface area contributed by atoms with Crippen molar-refractivity contribution in [2.24, 2.45) is 0 Å². The summed E-state index contributed by atoms with van der Waals surface area (Å²) in [7, 11) is 0. The number of nitrogens with zero attached hydrogens (tertiary/aromatic N) is 1. The molecule has 4 nitrogen and oxygen atoms in total. The number of aryl methyl sites for hydroxylation is 1. The van der Waals surface area contributed by atoms with E-state index in [2.05, 4.69) is 15.9 Å². The molecule has 0 aromatic heterocycles. The minimum atomic E-state index is -0.186. The van der Waals surface area contributed by atoms with Crippen LogP contribution in [-0.4, -0.2) is 47.3 Å². The number of aliphatic hydroxyl groups excluding tert-OH is 2. The Morgan fingerprint density at radius 3 is 2.35 bits per heavy atom. The van der Waals surface area contributed by atoms with Gasteiger partial charge >= 0.3 is 0 Å². The first-order chi connectivity index (χ1) is 8.10. The van der Waals surface area contributed by atoms with Crippen molar-refractivity contribution in [3.63, 3.8) is 0 Å². The van der Waals surface area contributed by atoms with Crippen LogP contribution in [0.1, 0.15) is 15.9 Å². The van der Waals surface area contributed by atoms with Gasteiger partial charge in [-0.3, -0.25) is 4.79 Å². The Kier molecular flexibility index (Phi) is 5.61. The highest BCUT2D eigenvalue weighted by Gasteiger charge is 2.15. The van der Waals surface area contributed by atoms with Crippen molar-refractivity contribution >= 4 is 21.8 Å². The number of hydrogen-bond donors (Lipinski definition) is 2. The predicted molar refractivity (Wildman–Crippen MR) is 69.0 cm³/mol. The van der Waals surface area contributed by atoms with E-state index in [1.54, 1.807) is 12.1 Å². The maximum absolute atomic E-state index is 12.1. The molecule has 2 N–H and O–H groups in total. The van der Waals surface area contributed by atoms with Crippen LogP contribution >= 0.6 is 15.9 Å². The average molecular weight is 302 g/mol. The summed E-state index contributed by atoms with van der Waals surface area (Å²) in [6.45, 7) is 2.17. The van der Waals surface area contributed by atoms with Crippen molar-refractivity contribution in [3.8, 4) is 0 Å². The quantitative estimate of drug-likeness (QED) is 0.859. The smallest absolute Gasteiger partial charge is 0.254 e. The van der Waals surface area contributed by atoms with Crippen molar-refractivity contribution in [2.45, 2.75) is 6.92 Å². The predicted octanol–water partition coefficient (Wildman–Crippen LogP) is 1.18. The van der Waals surface area contributed by atoms with Crippen molar-refractivity contribution in [3.05, 3.63) is 33.8 Å². The molecule has 0 saturated carbocycles. The second-order valence-electron chi connectivity index (χ2n) is 3.70. The highest BCUT2D eigenvalue weighted by Crippen LogP contribution is 2.18. The zero-order valence-electron chi connectivity index (χ0n) is 9.69. The van der Waals surface area contributed by atoms with Crippen LogP contribution in [0.4, 0.5) is 0 Å². The minimum Gasteiger partial charge on any atom is -0.395 e. The Morgan fingerprint density at radius 1 is 1.29 bits per heavy atom. The molecule has 1 aromatic rings. The SMILES string of the molecule is Cc1ccc(C(=O)N(CCO)CCO)cc1Br. The molecule has 94 valence electrons. The van der Waals surface area contributed by atoms with Gasteiger partial charge in [-0.2, -0.15) is 0 Å². The van der Waals surface area contributed by atoms with Gasteiger partial charge in [-0.25, -0.2) is 0 Å². The van der Waals surface area contributed by atoms with Gasteiger partial charge in [0.2, 0.25) is 0 Å². The molecule has 1 amide bonds. The summed E-state index contributed by atoms with van der Waals surface area (Å²) in [5.74, 6) is -0.186. The number of carbonyl (C=O) groups excluding carboxylic acids is 1. The van der Waals surface area contributed by atoms with Crippen molar-refractivity contribution in [1.82, 2.24) is 4.90 Å². The maximum Gasteiger partial charge on any atom is 0.254 e. The van der Waals surface area contributed by atoms with Gasteiger partial charge in [0.05, 0.1) is 13.2 Å². The third-order valence-electron chi connectivity index (χ3n) is 2.45. The van der Waals surface area contributed by atoms with Gasteiger partial charge in [-0.1, -0.05) is 22.0 Å². The monoisotopic (exact) mass is 301 g/mol. The van der Waals surface area contributed by atoms with Crippen LogP contribution in [0.15, 0.2) is 22.7 Å². The molecular weight excluding hydrogens is 286 g/mol. The molecule has 17 heavy (non-hydrogen) atoms. The molecule has 0 aliphatic carbocycles. The van der Waals surface area contributed by atoms with E-state index in [0.717, 1.165) is 10.0 Å². The zero-order valence-corrected chi connectivity index (χ0v) is 11.3. The first kappa shape index (κ1) is 14.2. The largest absolute Gasteiger partial charge is 0.395 e. The Labute approximate surface area is 109 Å². The van der Waals surface area contributed by atoms with E-state index in [4.69, 9.17) is 10.2 Å². The van der Waals surface area contributed by atoms with E-state index < -0.39 is 0 Å². The lowest BCUT2D eigenvalue weighted by molar-refractivity contribution is 0.0685. The van der Waals surface area contributed by atoms with Crippen LogP contribution in [0, 0.1) is 6.92 Å². The van der Waals surface area contributed by atoms with Crippen LogP contribution in [0.5, 0.6) is 0 Å². The number of aliphatic hydroxyl groups is 2. The fourth-order valence-corrected chi connectivity index (χ4v) is 1.84. The Balaban J connectivity index is 2.88. The molecule has 1 rings (SSSR count). The second kappa shape index (κ2) is 6.74. The van der Waals surface area contributed by atoms with Crippen LogP contribution in [0.2, 0.25) is 0 Å². The molecule has 5 heteroatoms. The molecule has 0 spiro atoms. The van der Waals surface area contributed by atoms with Gasteiger partial charge in [-0.05, 0) is 24.6 Å². The number of amides is 1. The molecular formula is C12H16BrNO3. The lowest BCUT2D eigenvalue weighted by Gasteiger charge is -2.20. The normalized spacial score (nSPS) is 10.4. The topological polar surface area (TPSA) is 60.8 Å². The van der Waals surface area contributed by atoms with Crippen LogP contribution < -0.4 is 0 Å². The molecule has 0 radical (unpaired) electrons. The van der Waals surface area contributed by atoms with Gasteiger partial charge in [0.15, 0.2) is 0 Å². The van der Waals surface area contributed by atoms with Crippen LogP contribution in [0.3, 0.4) is 0 Å². The molecule has 0 aliphatic heterocycles. The summed E-state index contributed by atoms with van der Waals surface area (Å²) >= 11 is 3.37. The summed E-state index contributed by atoms with van der Waals surface area (Å²) in [4.78, 5) is 13.5. The fraction of sp³-hybridized carbons (Fsp3) is 0.417. The molecule has 0 saturated heterocycles. The van der Waals surface area contributed by atoms with Gasteiger partial charge in [0.1, 0.15) is 0 Å². The number of hydrogen-bond acceptors (Lipinski definition) is 3. The van der Waals surface area contributed by atoms with Crippen molar-refractivity contribution < 1.29 is 15.0 Å². The highest BCUT2D eigenvalue weighted by molar-refractivity contribution is 9.10. The molecule has 0 atom stereocenters. The van der Waals surface area contributed by atoms with Gasteiger partial charge in [0, 0.05) is 23.1 Å². The van der Waals surface area contributed by atoms with E-state index in [0.29, 0.717) is 5.56 Å². The van der Waals surface area contributed by atoms with Gasteiger partial charge in [-0.15, -0.1) is 0 Å². The van der Waals surface area contributed by atoms with E-state index in [1.807, 2.05) is 13.0 Å². The molecule has 1 aromatic carbocycles. The first-order valence-electron chi connectivity index (χ1n) is 5.37. The average Bonchev–Trinajstić information content (AvgIpc) is 2.31. The summed E-state index contributed by atoms with van der Waals surface area (Å²) in [6, 6.07) is 5.34. The third kappa shape index (κ3) is 3.80. The Bertz CT molecular complexity index is 389. The molecule has 0 aliphatic rings. The van der Waals surface area contributed by atoms with Gasteiger partial charge < -0.3 is 15.1 Å². The van der Waals surface area contributed by atoms with Crippen LogP contribution in [0.25, 0.3) is 0 Å². The standard InChI is InChI=1S/C12H16BrNO3/c1-9-2-3-10(8-11(9)13)12(17)14(4-6-15)5-7-16/h2-3,8,15-16H,4-7H2,1H3. The van der Waals surface area contributed by atoms with E-state index in [-0.39, 0.29) is 32.2 Å². The lowest BCUT2D eigenvalue weighted by Crippen LogP contribution is -2.35. The molecule has 0 heterocycles. The van der Waals surface area contributed by atoms with Crippen LogP contribution in [-0.2, 0) is 0 Å². The second-order valence-corrected chi connectivity index (χ2v) is 4.56. The molecule has 0 unspecified atom stereocenters. The number of halogens is 1. The Morgan fingerprint density at radius 2 is 1.88 bits per heavy atom. The summed E-state index contributed by atoms with van der Waals surface area (Å²) in [5, 5.41) is 17.7. The lowest BCUT2D eigenvalue weighted by atomic mass is 10.1. The van der Waals surface area contributed by atoms with Gasteiger partial charge in [0.25, 0.3) is 5.91 Å². The summed E-state index contributed by atoms with van der Waals surface area (Å²) < 4.78 is 0.872. The fourth-order valence-electron chi connectivity index (χ4n) is 1.46. The van der Waals surface area contributed by atoms with E-state index >= 15 is 0 Å².